The van der Waals surface area contributed by atoms with Gasteiger partial charge >= 0.3 is 6.03 Å². The summed E-state index contributed by atoms with van der Waals surface area (Å²) < 4.78 is 1.62. The van der Waals surface area contributed by atoms with Crippen molar-refractivity contribution in [2.75, 3.05) is 5.32 Å². The van der Waals surface area contributed by atoms with Crippen LogP contribution in [0.25, 0.3) is 5.69 Å². The number of hydrogen-bond donors (Lipinski definition) is 3. The summed E-state index contributed by atoms with van der Waals surface area (Å²) in [6.45, 7) is 0. The van der Waals surface area contributed by atoms with E-state index in [4.69, 9.17) is 5.84 Å². The number of rotatable bonds is 2. The van der Waals surface area contributed by atoms with Crippen molar-refractivity contribution in [3.05, 3.63) is 36.7 Å². The highest BCUT2D eigenvalue weighted by atomic mass is 16.2. The molecule has 0 aliphatic heterocycles. The van der Waals surface area contributed by atoms with E-state index >= 15 is 0 Å². The molecule has 0 bridgehead atoms. The van der Waals surface area contributed by atoms with Crippen molar-refractivity contribution in [3.63, 3.8) is 0 Å². The molecule has 16 heavy (non-hydrogen) atoms. The maximum absolute atomic E-state index is 10.9. The third-order valence-corrected chi connectivity index (χ3v) is 1.94. The molecular formula is C9H10N6O. The number of nitrogens with zero attached hydrogens (tertiary/aromatic N) is 3. The van der Waals surface area contributed by atoms with Crippen molar-refractivity contribution in [3.8, 4) is 5.69 Å². The van der Waals surface area contributed by atoms with E-state index in [1.54, 1.807) is 41.3 Å². The Balaban J connectivity index is 2.14. The van der Waals surface area contributed by atoms with Gasteiger partial charge in [0.1, 0.15) is 0 Å². The molecule has 0 radical (unpaired) electrons. The van der Waals surface area contributed by atoms with Crippen LogP contribution in [0.15, 0.2) is 36.7 Å². The van der Waals surface area contributed by atoms with Gasteiger partial charge in [0.15, 0.2) is 0 Å². The van der Waals surface area contributed by atoms with Crippen molar-refractivity contribution in [2.45, 2.75) is 0 Å². The summed E-state index contributed by atoms with van der Waals surface area (Å²) in [6.07, 6.45) is 3.32. The molecule has 0 spiro atoms. The molecule has 0 saturated carbocycles. The first-order chi connectivity index (χ1) is 7.79. The van der Waals surface area contributed by atoms with Gasteiger partial charge < -0.3 is 5.32 Å². The van der Waals surface area contributed by atoms with Crippen molar-refractivity contribution in [1.82, 2.24) is 20.4 Å². The summed E-state index contributed by atoms with van der Waals surface area (Å²) in [7, 11) is 0. The Kier molecular flexibility index (Phi) is 2.79. The van der Waals surface area contributed by atoms with Crippen LogP contribution < -0.4 is 16.6 Å². The van der Waals surface area contributed by atoms with Crippen LogP contribution in [0.5, 0.6) is 0 Å². The standard InChI is InChI=1S/C9H10N6O/c10-13-9(16)12-7-1-3-8(4-2-7)15-6-5-11-14-15/h1-6H,10H2,(H2,12,13,16). The van der Waals surface area contributed by atoms with Crippen LogP contribution in [0.2, 0.25) is 0 Å². The lowest BCUT2D eigenvalue weighted by molar-refractivity contribution is 0.252. The number of urea groups is 1. The zero-order valence-electron chi connectivity index (χ0n) is 8.29. The van der Waals surface area contributed by atoms with Gasteiger partial charge in [-0.05, 0) is 24.3 Å². The lowest BCUT2D eigenvalue weighted by Gasteiger charge is -2.05. The van der Waals surface area contributed by atoms with E-state index in [2.05, 4.69) is 15.6 Å². The Morgan fingerprint density at radius 3 is 2.62 bits per heavy atom. The topological polar surface area (TPSA) is 97.9 Å². The lowest BCUT2D eigenvalue weighted by atomic mass is 10.3. The molecule has 1 aromatic heterocycles. The second-order valence-electron chi connectivity index (χ2n) is 2.99. The van der Waals surface area contributed by atoms with E-state index in [1.165, 1.54) is 0 Å². The van der Waals surface area contributed by atoms with Crippen molar-refractivity contribution in [2.24, 2.45) is 5.84 Å². The maximum Gasteiger partial charge on any atom is 0.333 e. The summed E-state index contributed by atoms with van der Waals surface area (Å²) in [5.41, 5.74) is 3.48. The Bertz CT molecular complexity index is 463. The summed E-state index contributed by atoms with van der Waals surface area (Å²) in [6, 6.07) is 6.63. The minimum absolute atomic E-state index is 0.464. The van der Waals surface area contributed by atoms with Gasteiger partial charge in [-0.3, -0.25) is 5.43 Å². The second kappa shape index (κ2) is 4.41. The maximum atomic E-state index is 10.9. The molecule has 4 N–H and O–H groups in total. The van der Waals surface area contributed by atoms with Crippen LogP contribution in [-0.4, -0.2) is 21.0 Å². The smallest absolute Gasteiger partial charge is 0.307 e. The summed E-state index contributed by atoms with van der Waals surface area (Å²) in [4.78, 5) is 10.9. The van der Waals surface area contributed by atoms with Crippen LogP contribution in [0.1, 0.15) is 0 Å². The van der Waals surface area contributed by atoms with Gasteiger partial charge in [0, 0.05) is 5.69 Å². The quantitative estimate of drug-likeness (QED) is 0.382. The van der Waals surface area contributed by atoms with Crippen molar-refractivity contribution >= 4 is 11.7 Å². The highest BCUT2D eigenvalue weighted by Gasteiger charge is 2.00. The first-order valence-electron chi connectivity index (χ1n) is 4.54. The second-order valence-corrected chi connectivity index (χ2v) is 2.99. The summed E-state index contributed by atoms with van der Waals surface area (Å²) >= 11 is 0. The summed E-state index contributed by atoms with van der Waals surface area (Å²) in [5, 5.41) is 10.1. The molecule has 0 saturated heterocycles. The molecule has 7 heteroatoms. The molecule has 1 heterocycles. The Morgan fingerprint density at radius 1 is 1.31 bits per heavy atom. The van der Waals surface area contributed by atoms with E-state index < -0.39 is 6.03 Å². The van der Waals surface area contributed by atoms with E-state index in [-0.39, 0.29) is 0 Å². The fourth-order valence-corrected chi connectivity index (χ4v) is 1.21. The number of anilines is 1. The number of hydrazine groups is 1. The average molecular weight is 218 g/mol. The fourth-order valence-electron chi connectivity index (χ4n) is 1.21. The van der Waals surface area contributed by atoms with Crippen LogP contribution in [-0.2, 0) is 0 Å². The third-order valence-electron chi connectivity index (χ3n) is 1.94. The zero-order chi connectivity index (χ0) is 11.4. The SMILES string of the molecule is NNC(=O)Nc1ccc(-n2ccnn2)cc1. The molecule has 0 fully saturated rings. The number of carbonyl (C=O) groups excluding carboxylic acids is 1. The number of carbonyl (C=O) groups is 1. The fraction of sp³-hybridized carbons (Fsp3) is 0. The molecule has 82 valence electrons. The highest BCUT2D eigenvalue weighted by Crippen LogP contribution is 2.11. The van der Waals surface area contributed by atoms with Gasteiger partial charge in [0.25, 0.3) is 0 Å². The predicted molar refractivity (Wildman–Crippen MR) is 57.7 cm³/mol. The monoisotopic (exact) mass is 218 g/mol. The molecule has 0 unspecified atom stereocenters. The van der Waals surface area contributed by atoms with E-state index in [0.717, 1.165) is 5.69 Å². The minimum Gasteiger partial charge on any atom is -0.307 e. The van der Waals surface area contributed by atoms with E-state index in [9.17, 15) is 4.79 Å². The van der Waals surface area contributed by atoms with Gasteiger partial charge in [-0.2, -0.15) is 0 Å². The molecule has 7 nitrogen and oxygen atoms in total. The van der Waals surface area contributed by atoms with Gasteiger partial charge in [0.05, 0.1) is 18.1 Å². The first-order valence-corrected chi connectivity index (χ1v) is 4.54. The van der Waals surface area contributed by atoms with E-state index in [1.807, 2.05) is 5.43 Å². The van der Waals surface area contributed by atoms with Gasteiger partial charge in [-0.25, -0.2) is 15.3 Å². The largest absolute Gasteiger partial charge is 0.333 e. The number of nitrogens with two attached hydrogens (primary N) is 1. The number of amides is 2. The predicted octanol–water partition coefficient (Wildman–Crippen LogP) is 0.262. The molecule has 2 amide bonds. The molecule has 2 aromatic rings. The molecule has 1 aromatic carbocycles. The molecule has 0 atom stereocenters. The van der Waals surface area contributed by atoms with Gasteiger partial charge in [-0.1, -0.05) is 5.21 Å². The molecule has 0 aliphatic rings. The van der Waals surface area contributed by atoms with Crippen LogP contribution in [0.4, 0.5) is 10.5 Å². The van der Waals surface area contributed by atoms with Crippen molar-refractivity contribution in [1.29, 1.82) is 0 Å². The van der Waals surface area contributed by atoms with Crippen LogP contribution in [0, 0.1) is 0 Å². The average Bonchev–Trinajstić information content (AvgIpc) is 2.83. The Hall–Kier alpha value is -2.41. The number of benzene rings is 1. The minimum atomic E-state index is -0.464. The number of aromatic nitrogens is 3. The van der Waals surface area contributed by atoms with E-state index in [0.29, 0.717) is 5.69 Å². The number of nitrogens with one attached hydrogen (secondary N) is 2. The zero-order valence-corrected chi connectivity index (χ0v) is 8.29. The Labute approximate surface area is 91.2 Å². The Morgan fingerprint density at radius 2 is 2.06 bits per heavy atom. The highest BCUT2D eigenvalue weighted by molar-refractivity contribution is 5.88. The van der Waals surface area contributed by atoms with Gasteiger partial charge in [0.2, 0.25) is 0 Å². The first kappa shape index (κ1) is 10.1. The normalized spacial score (nSPS) is 9.81. The molecule has 2 rings (SSSR count). The van der Waals surface area contributed by atoms with Crippen LogP contribution in [0.3, 0.4) is 0 Å². The van der Waals surface area contributed by atoms with Gasteiger partial charge in [-0.15, -0.1) is 5.10 Å². The van der Waals surface area contributed by atoms with Crippen LogP contribution >= 0.6 is 0 Å². The third kappa shape index (κ3) is 2.15. The molecule has 0 aliphatic carbocycles. The number of hydrogen-bond acceptors (Lipinski definition) is 4. The lowest BCUT2D eigenvalue weighted by Crippen LogP contribution is -2.34. The summed E-state index contributed by atoms with van der Waals surface area (Å²) in [5.74, 6) is 4.94. The molecular weight excluding hydrogens is 208 g/mol. The van der Waals surface area contributed by atoms with Crippen molar-refractivity contribution < 1.29 is 4.79 Å².